The number of ether oxygens (including phenoxy) is 3. The van der Waals surface area contributed by atoms with Gasteiger partial charge in [0.1, 0.15) is 6.61 Å². The van der Waals surface area contributed by atoms with Crippen molar-refractivity contribution in [2.45, 2.75) is 12.7 Å². The lowest BCUT2D eigenvalue weighted by molar-refractivity contribution is -0.107. The fraction of sp³-hybridized carbons (Fsp3) is 1.00. The number of rotatable bonds is 4. The molecule has 0 unspecified atom stereocenters. The average Bonchev–Trinajstić information content (AvgIpc) is 2.39. The predicted octanol–water partition coefficient (Wildman–Crippen LogP) is 0.641. The van der Waals surface area contributed by atoms with Gasteiger partial charge in [-0.05, 0) is 0 Å². The van der Waals surface area contributed by atoms with E-state index in [9.17, 15) is 8.78 Å². The molecule has 0 amide bonds. The highest BCUT2D eigenvalue weighted by atomic mass is 19.3. The quantitative estimate of drug-likeness (QED) is 0.616. The first-order valence-electron chi connectivity index (χ1n) is 3.38. The third-order valence-electron chi connectivity index (χ3n) is 1.19. The van der Waals surface area contributed by atoms with Crippen LogP contribution >= 0.6 is 0 Å². The SMILES string of the molecule is FC(F)COCC1OCCO1. The molecule has 1 rings (SSSR count). The Morgan fingerprint density at radius 2 is 2.00 bits per heavy atom. The Hall–Kier alpha value is -0.260. The summed E-state index contributed by atoms with van der Waals surface area (Å²) in [5.74, 6) is 0. The van der Waals surface area contributed by atoms with E-state index in [1.165, 1.54) is 0 Å². The van der Waals surface area contributed by atoms with Gasteiger partial charge in [-0.2, -0.15) is 0 Å². The van der Waals surface area contributed by atoms with Crippen molar-refractivity contribution >= 4 is 0 Å². The maximum absolute atomic E-state index is 11.5. The highest BCUT2D eigenvalue weighted by Gasteiger charge is 2.16. The van der Waals surface area contributed by atoms with Crippen LogP contribution in [-0.2, 0) is 14.2 Å². The van der Waals surface area contributed by atoms with E-state index in [2.05, 4.69) is 4.74 Å². The Bertz CT molecular complexity index is 104. The van der Waals surface area contributed by atoms with Crippen LogP contribution in [0.1, 0.15) is 0 Å². The largest absolute Gasteiger partial charge is 0.370 e. The summed E-state index contributed by atoms with van der Waals surface area (Å²) in [7, 11) is 0. The predicted molar refractivity (Wildman–Crippen MR) is 32.5 cm³/mol. The van der Waals surface area contributed by atoms with E-state index >= 15 is 0 Å². The summed E-state index contributed by atoms with van der Waals surface area (Å²) in [5, 5.41) is 0. The molecule has 0 atom stereocenters. The van der Waals surface area contributed by atoms with Crippen LogP contribution < -0.4 is 0 Å². The van der Waals surface area contributed by atoms with Crippen LogP contribution in [0.15, 0.2) is 0 Å². The fourth-order valence-electron chi connectivity index (χ4n) is 0.757. The minimum absolute atomic E-state index is 0.0876. The highest BCUT2D eigenvalue weighted by Crippen LogP contribution is 2.04. The molecule has 5 heteroatoms. The maximum atomic E-state index is 11.5. The second-order valence-corrected chi connectivity index (χ2v) is 2.10. The second kappa shape index (κ2) is 4.58. The van der Waals surface area contributed by atoms with Crippen molar-refractivity contribution in [3.63, 3.8) is 0 Å². The Balaban J connectivity index is 1.94. The van der Waals surface area contributed by atoms with Gasteiger partial charge >= 0.3 is 0 Å². The van der Waals surface area contributed by atoms with Gasteiger partial charge in [0, 0.05) is 0 Å². The van der Waals surface area contributed by atoms with Crippen molar-refractivity contribution in [2.24, 2.45) is 0 Å². The molecule has 0 aromatic rings. The lowest BCUT2D eigenvalue weighted by Crippen LogP contribution is -2.18. The maximum Gasteiger partial charge on any atom is 0.261 e. The van der Waals surface area contributed by atoms with Gasteiger partial charge in [-0.3, -0.25) is 0 Å². The highest BCUT2D eigenvalue weighted by molar-refractivity contribution is 4.49. The molecular formula is C6H10F2O3. The third kappa shape index (κ3) is 3.60. The van der Waals surface area contributed by atoms with E-state index in [0.717, 1.165) is 0 Å². The Kier molecular flexibility index (Phi) is 3.68. The van der Waals surface area contributed by atoms with Crippen molar-refractivity contribution in [3.8, 4) is 0 Å². The molecule has 0 bridgehead atoms. The molecule has 66 valence electrons. The molecular weight excluding hydrogens is 158 g/mol. The van der Waals surface area contributed by atoms with Gasteiger partial charge in [-0.1, -0.05) is 0 Å². The number of hydrogen-bond acceptors (Lipinski definition) is 3. The summed E-state index contributed by atoms with van der Waals surface area (Å²) >= 11 is 0. The zero-order valence-electron chi connectivity index (χ0n) is 5.96. The summed E-state index contributed by atoms with van der Waals surface area (Å²) in [4.78, 5) is 0. The monoisotopic (exact) mass is 168 g/mol. The van der Waals surface area contributed by atoms with Crippen LogP contribution in [0.2, 0.25) is 0 Å². The molecule has 0 aromatic carbocycles. The number of hydrogen-bond donors (Lipinski definition) is 0. The zero-order chi connectivity index (χ0) is 8.10. The Morgan fingerprint density at radius 1 is 1.36 bits per heavy atom. The molecule has 1 saturated heterocycles. The fourth-order valence-corrected chi connectivity index (χ4v) is 0.757. The standard InChI is InChI=1S/C6H10F2O3/c7-5(8)3-9-4-6-10-1-2-11-6/h5-6H,1-4H2. The van der Waals surface area contributed by atoms with E-state index < -0.39 is 19.3 Å². The molecule has 1 aliphatic heterocycles. The second-order valence-electron chi connectivity index (χ2n) is 2.10. The molecule has 0 aliphatic carbocycles. The van der Waals surface area contributed by atoms with Gasteiger partial charge < -0.3 is 14.2 Å². The van der Waals surface area contributed by atoms with Gasteiger partial charge in [-0.25, -0.2) is 8.78 Å². The molecule has 1 heterocycles. The van der Waals surface area contributed by atoms with Crippen LogP contribution in [0.25, 0.3) is 0 Å². The minimum Gasteiger partial charge on any atom is -0.370 e. The van der Waals surface area contributed by atoms with Gasteiger partial charge in [0.15, 0.2) is 6.29 Å². The van der Waals surface area contributed by atoms with Crippen molar-refractivity contribution in [2.75, 3.05) is 26.4 Å². The van der Waals surface area contributed by atoms with Crippen LogP contribution in [0.4, 0.5) is 8.78 Å². The van der Waals surface area contributed by atoms with E-state index in [-0.39, 0.29) is 6.61 Å². The normalized spacial score (nSPS) is 19.9. The van der Waals surface area contributed by atoms with Crippen molar-refractivity contribution in [1.82, 2.24) is 0 Å². The van der Waals surface area contributed by atoms with E-state index in [0.29, 0.717) is 13.2 Å². The summed E-state index contributed by atoms with van der Waals surface area (Å²) in [6.45, 7) is 0.568. The van der Waals surface area contributed by atoms with Crippen LogP contribution in [-0.4, -0.2) is 39.1 Å². The van der Waals surface area contributed by atoms with E-state index in [1.54, 1.807) is 0 Å². The number of alkyl halides is 2. The molecule has 1 aliphatic rings. The van der Waals surface area contributed by atoms with Crippen molar-refractivity contribution < 1.29 is 23.0 Å². The smallest absolute Gasteiger partial charge is 0.261 e. The minimum atomic E-state index is -2.42. The first kappa shape index (κ1) is 8.83. The van der Waals surface area contributed by atoms with Gasteiger partial charge in [0.25, 0.3) is 6.43 Å². The summed E-state index contributed by atoms with van der Waals surface area (Å²) in [6.07, 6.45) is -2.87. The van der Waals surface area contributed by atoms with Crippen LogP contribution in [0, 0.1) is 0 Å². The lowest BCUT2D eigenvalue weighted by Gasteiger charge is -2.08. The molecule has 1 fully saturated rings. The topological polar surface area (TPSA) is 27.7 Å². The van der Waals surface area contributed by atoms with E-state index in [1.807, 2.05) is 0 Å². The molecule has 0 saturated carbocycles. The third-order valence-corrected chi connectivity index (χ3v) is 1.19. The first-order chi connectivity index (χ1) is 5.29. The van der Waals surface area contributed by atoms with E-state index in [4.69, 9.17) is 9.47 Å². The Labute approximate surface area is 63.2 Å². The molecule has 0 aromatic heterocycles. The molecule has 0 spiro atoms. The molecule has 11 heavy (non-hydrogen) atoms. The van der Waals surface area contributed by atoms with Crippen molar-refractivity contribution in [3.05, 3.63) is 0 Å². The molecule has 3 nitrogen and oxygen atoms in total. The molecule has 0 radical (unpaired) electrons. The van der Waals surface area contributed by atoms with Crippen LogP contribution in [0.5, 0.6) is 0 Å². The van der Waals surface area contributed by atoms with Crippen LogP contribution in [0.3, 0.4) is 0 Å². The summed E-state index contributed by atoms with van der Waals surface area (Å²) in [6, 6.07) is 0. The van der Waals surface area contributed by atoms with Gasteiger partial charge in [-0.15, -0.1) is 0 Å². The van der Waals surface area contributed by atoms with Gasteiger partial charge in [0.2, 0.25) is 0 Å². The average molecular weight is 168 g/mol. The summed E-state index contributed by atoms with van der Waals surface area (Å²) < 4.78 is 37.5. The van der Waals surface area contributed by atoms with Crippen molar-refractivity contribution in [1.29, 1.82) is 0 Å². The van der Waals surface area contributed by atoms with Gasteiger partial charge in [0.05, 0.1) is 19.8 Å². The molecule has 0 N–H and O–H groups in total. The Morgan fingerprint density at radius 3 is 2.55 bits per heavy atom. The number of halogens is 2. The summed E-state index contributed by atoms with van der Waals surface area (Å²) in [5.41, 5.74) is 0. The zero-order valence-corrected chi connectivity index (χ0v) is 5.96. The first-order valence-corrected chi connectivity index (χ1v) is 3.38. The lowest BCUT2D eigenvalue weighted by atomic mass is 10.7.